The molecule has 0 N–H and O–H groups in total. The van der Waals surface area contributed by atoms with Crippen molar-refractivity contribution >= 4 is 0 Å². The van der Waals surface area contributed by atoms with Crippen LogP contribution in [0.15, 0.2) is 0 Å². The molecule has 0 aliphatic rings. The first kappa shape index (κ1) is 26.0. The van der Waals surface area contributed by atoms with Crippen LogP contribution >= 0.6 is 0 Å². The number of unbranched alkanes of at least 4 members (excludes halogenated alkanes) is 17. The molecule has 0 amide bonds. The minimum Gasteiger partial charge on any atom is -0.0654 e. The van der Waals surface area contributed by atoms with Gasteiger partial charge in [-0.2, -0.15) is 0 Å². The van der Waals surface area contributed by atoms with Gasteiger partial charge in [-0.25, -0.2) is 0 Å². The largest absolute Gasteiger partial charge is 0.0654 e. The van der Waals surface area contributed by atoms with E-state index in [4.69, 9.17) is 0 Å². The third kappa shape index (κ3) is 20.3. The van der Waals surface area contributed by atoms with Gasteiger partial charge >= 0.3 is 0 Å². The maximum atomic E-state index is 2.40. The Balaban J connectivity index is 3.21. The molecule has 0 heterocycles. The van der Waals surface area contributed by atoms with E-state index in [0.717, 1.165) is 5.92 Å². The van der Waals surface area contributed by atoms with Crippen LogP contribution < -0.4 is 0 Å². The number of hydrogen-bond donors (Lipinski definition) is 0. The van der Waals surface area contributed by atoms with Gasteiger partial charge in [-0.15, -0.1) is 0 Å². The molecule has 0 saturated heterocycles. The Bertz CT molecular complexity index is 232. The minimum absolute atomic E-state index is 1.02. The highest BCUT2D eigenvalue weighted by Gasteiger charge is 2.05. The van der Waals surface area contributed by atoms with Gasteiger partial charge in [0.15, 0.2) is 0 Å². The molecule has 1 atom stereocenters. The fourth-order valence-corrected chi connectivity index (χ4v) is 4.22. The maximum absolute atomic E-state index is 2.40. The second kappa shape index (κ2) is 23.0. The van der Waals surface area contributed by atoms with Crippen molar-refractivity contribution in [3.63, 3.8) is 0 Å². The molecule has 0 nitrogen and oxygen atoms in total. The smallest absolute Gasteiger partial charge is 0.0417 e. The van der Waals surface area contributed by atoms with Crippen LogP contribution in [0.1, 0.15) is 162 Å². The lowest BCUT2D eigenvalue weighted by atomic mass is 9.92. The van der Waals surface area contributed by atoms with E-state index in [1.807, 2.05) is 0 Å². The van der Waals surface area contributed by atoms with Crippen molar-refractivity contribution in [1.29, 1.82) is 0 Å². The van der Waals surface area contributed by atoms with Crippen LogP contribution in [0.2, 0.25) is 0 Å². The topological polar surface area (TPSA) is 0 Å². The van der Waals surface area contributed by atoms with Crippen molar-refractivity contribution in [3.8, 4) is 0 Å². The third-order valence-electron chi connectivity index (χ3n) is 6.26. The molecular weight excluding hydrogens is 312 g/mol. The first-order valence-corrected chi connectivity index (χ1v) is 12.8. The molecule has 0 rings (SSSR count). The first-order chi connectivity index (χ1) is 12.8. The minimum atomic E-state index is 1.02. The van der Waals surface area contributed by atoms with Gasteiger partial charge in [0.25, 0.3) is 0 Å². The van der Waals surface area contributed by atoms with Crippen molar-refractivity contribution in [1.82, 2.24) is 0 Å². The summed E-state index contributed by atoms with van der Waals surface area (Å²) in [4.78, 5) is 0. The zero-order valence-electron chi connectivity index (χ0n) is 19.1. The Kier molecular flexibility index (Phi) is 23.0. The lowest BCUT2D eigenvalue weighted by molar-refractivity contribution is 0.393. The molecule has 0 heteroatoms. The van der Waals surface area contributed by atoms with E-state index in [1.54, 1.807) is 0 Å². The van der Waals surface area contributed by atoms with Crippen LogP contribution in [0.25, 0.3) is 0 Å². The van der Waals surface area contributed by atoms with Gasteiger partial charge < -0.3 is 0 Å². The van der Waals surface area contributed by atoms with E-state index in [0.29, 0.717) is 0 Å². The number of rotatable bonds is 22. The van der Waals surface area contributed by atoms with Crippen LogP contribution in [-0.4, -0.2) is 0 Å². The van der Waals surface area contributed by atoms with E-state index in [2.05, 4.69) is 20.8 Å². The Hall–Kier alpha value is 0. The van der Waals surface area contributed by atoms with Crippen molar-refractivity contribution in [2.45, 2.75) is 162 Å². The second-order valence-corrected chi connectivity index (χ2v) is 8.86. The van der Waals surface area contributed by atoms with Crippen molar-refractivity contribution in [2.75, 3.05) is 0 Å². The predicted molar refractivity (Wildman–Crippen MR) is 122 cm³/mol. The zero-order valence-corrected chi connectivity index (χ0v) is 19.1. The Labute approximate surface area is 168 Å². The van der Waals surface area contributed by atoms with Crippen LogP contribution in [-0.2, 0) is 0 Å². The number of hydrogen-bond acceptors (Lipinski definition) is 0. The molecule has 1 unspecified atom stereocenters. The lowest BCUT2D eigenvalue weighted by Crippen LogP contribution is -1.99. The van der Waals surface area contributed by atoms with Gasteiger partial charge in [-0.3, -0.25) is 0 Å². The monoisotopic (exact) mass is 366 g/mol. The van der Waals surface area contributed by atoms with E-state index in [1.165, 1.54) is 141 Å². The highest BCUT2D eigenvalue weighted by atomic mass is 14.1. The summed E-state index contributed by atoms with van der Waals surface area (Å²) in [6, 6.07) is 0. The van der Waals surface area contributed by atoms with Crippen molar-refractivity contribution in [3.05, 3.63) is 0 Å². The quantitative estimate of drug-likeness (QED) is 0.167. The summed E-state index contributed by atoms with van der Waals surface area (Å²) >= 11 is 0. The predicted octanol–water partition coefficient (Wildman–Crippen LogP) is 10.2. The fraction of sp³-hybridized carbons (Fsp3) is 1.00. The van der Waals surface area contributed by atoms with Crippen LogP contribution in [0.4, 0.5) is 0 Å². The Morgan fingerprint density at radius 1 is 0.346 bits per heavy atom. The van der Waals surface area contributed by atoms with E-state index in [-0.39, 0.29) is 0 Å². The summed E-state index contributed by atoms with van der Waals surface area (Å²) in [5.41, 5.74) is 0. The molecule has 0 bridgehead atoms. The van der Waals surface area contributed by atoms with Gasteiger partial charge in [0.2, 0.25) is 0 Å². The molecule has 0 spiro atoms. The maximum Gasteiger partial charge on any atom is -0.0417 e. The molecule has 0 aromatic rings. The first-order valence-electron chi connectivity index (χ1n) is 12.8. The average molecular weight is 367 g/mol. The second-order valence-electron chi connectivity index (χ2n) is 8.86. The summed E-state index contributed by atoms with van der Waals surface area (Å²) in [5, 5.41) is 0. The highest BCUT2D eigenvalue weighted by molar-refractivity contribution is 4.59. The van der Waals surface area contributed by atoms with Gasteiger partial charge in [0, 0.05) is 0 Å². The normalized spacial score (nSPS) is 12.6. The summed E-state index contributed by atoms with van der Waals surface area (Å²) in [7, 11) is 0. The van der Waals surface area contributed by atoms with Gasteiger partial charge in [0.1, 0.15) is 0 Å². The van der Waals surface area contributed by atoms with Crippen LogP contribution in [0.5, 0.6) is 0 Å². The van der Waals surface area contributed by atoms with Gasteiger partial charge in [0.05, 0.1) is 0 Å². The van der Waals surface area contributed by atoms with Crippen LogP contribution in [0.3, 0.4) is 0 Å². The van der Waals surface area contributed by atoms with Crippen molar-refractivity contribution < 1.29 is 0 Å². The molecule has 26 heavy (non-hydrogen) atoms. The molecule has 0 saturated carbocycles. The molecule has 0 aliphatic heterocycles. The molecule has 158 valence electrons. The summed E-state index contributed by atoms with van der Waals surface area (Å²) in [6.45, 7) is 7.02. The molecule has 0 aromatic carbocycles. The zero-order chi connectivity index (χ0) is 19.1. The molecule has 0 radical (unpaired) electrons. The molecular formula is C26H54. The molecule has 0 aliphatic carbocycles. The Morgan fingerprint density at radius 3 is 0.885 bits per heavy atom. The summed E-state index contributed by atoms with van der Waals surface area (Å²) in [5.74, 6) is 1.02. The lowest BCUT2D eigenvalue weighted by Gasteiger charge is -2.14. The van der Waals surface area contributed by atoms with E-state index >= 15 is 0 Å². The van der Waals surface area contributed by atoms with Gasteiger partial charge in [-0.05, 0) is 5.92 Å². The standard InChI is InChI=1S/C26H54/c1-4-7-9-11-12-13-14-15-16-17-18-19-21-23-25-26(6-3)24-22-20-10-8-5-2/h26H,4-25H2,1-3H3. The average Bonchev–Trinajstić information content (AvgIpc) is 2.66. The van der Waals surface area contributed by atoms with Crippen LogP contribution in [0, 0.1) is 5.92 Å². The Morgan fingerprint density at radius 2 is 0.615 bits per heavy atom. The molecule has 0 fully saturated rings. The van der Waals surface area contributed by atoms with Crippen molar-refractivity contribution in [2.24, 2.45) is 5.92 Å². The van der Waals surface area contributed by atoms with E-state index < -0.39 is 0 Å². The summed E-state index contributed by atoms with van der Waals surface area (Å²) in [6.07, 6.45) is 32.3. The summed E-state index contributed by atoms with van der Waals surface area (Å²) < 4.78 is 0. The fourth-order valence-electron chi connectivity index (χ4n) is 4.22. The van der Waals surface area contributed by atoms with Gasteiger partial charge in [-0.1, -0.05) is 162 Å². The highest BCUT2D eigenvalue weighted by Crippen LogP contribution is 2.21. The molecule has 0 aromatic heterocycles. The van der Waals surface area contributed by atoms with E-state index in [9.17, 15) is 0 Å². The SMILES string of the molecule is CCCCCCCCCCCCCCCCC(CC)CCCCCCC. The third-order valence-corrected chi connectivity index (χ3v) is 6.26.